The van der Waals surface area contributed by atoms with Crippen molar-refractivity contribution < 1.29 is 47.0 Å². The summed E-state index contributed by atoms with van der Waals surface area (Å²) in [5, 5.41) is 0. The van der Waals surface area contributed by atoms with Gasteiger partial charge in [-0.1, -0.05) is 32.9 Å². The molecule has 0 aromatic heterocycles. The Bertz CT molecular complexity index is 1090. The Morgan fingerprint density at radius 2 is 1.62 bits per heavy atom. The predicted molar refractivity (Wildman–Crippen MR) is 134 cm³/mol. The van der Waals surface area contributed by atoms with E-state index in [9.17, 15) is 4.79 Å². The molecule has 0 unspecified atom stereocenters. The Morgan fingerprint density at radius 1 is 0.912 bits per heavy atom. The molecule has 5 heteroatoms. The second-order valence-corrected chi connectivity index (χ2v) is 9.49. The fraction of sp³-hybridized carbons (Fsp3) is 0.345. The standard InChI is InChI=1S/C29H32NO3.Y/c1-29(2,3)26-20-24(11-13-27(26)30-15-7-8-16-30)25-19-23(22-9-5-4-6-10-22)12-14-28(25)33-18-17-32-21-31;/h5-6,9-14,19-21H,7-8,15-18H2,1-3H3;/q-1;. The minimum absolute atomic E-state index is 0. The molecule has 175 valence electrons. The second-order valence-electron chi connectivity index (χ2n) is 9.49. The van der Waals surface area contributed by atoms with E-state index in [2.05, 4.69) is 74.2 Å². The van der Waals surface area contributed by atoms with Gasteiger partial charge in [-0.15, -0.1) is 5.56 Å². The van der Waals surface area contributed by atoms with Crippen molar-refractivity contribution in [3.05, 3.63) is 72.3 Å². The van der Waals surface area contributed by atoms with E-state index in [1.807, 2.05) is 18.2 Å². The van der Waals surface area contributed by atoms with Gasteiger partial charge in [-0.3, -0.25) is 4.79 Å². The summed E-state index contributed by atoms with van der Waals surface area (Å²) in [6.45, 7) is 10.0. The van der Waals surface area contributed by atoms with Crippen molar-refractivity contribution in [1.29, 1.82) is 0 Å². The zero-order valence-corrected chi connectivity index (χ0v) is 23.2. The van der Waals surface area contributed by atoms with Crippen LogP contribution >= 0.6 is 0 Å². The number of benzene rings is 3. The maximum atomic E-state index is 10.5. The first kappa shape index (κ1) is 26.4. The molecule has 1 fully saturated rings. The zero-order chi connectivity index (χ0) is 23.3. The van der Waals surface area contributed by atoms with Gasteiger partial charge in [0.25, 0.3) is 6.47 Å². The number of carbonyl (C=O) groups is 1. The Balaban J connectivity index is 0.00000324. The number of hydrogen-bond acceptors (Lipinski definition) is 4. The molecule has 3 aromatic rings. The molecule has 1 saturated heterocycles. The molecule has 0 aliphatic carbocycles. The van der Waals surface area contributed by atoms with E-state index in [1.54, 1.807) is 0 Å². The first-order valence-corrected chi connectivity index (χ1v) is 11.7. The topological polar surface area (TPSA) is 38.8 Å². The summed E-state index contributed by atoms with van der Waals surface area (Å²) in [7, 11) is 0. The number of ether oxygens (including phenoxy) is 2. The molecular weight excluding hydrogens is 499 g/mol. The average molecular weight is 531 g/mol. The fourth-order valence-corrected chi connectivity index (χ4v) is 4.43. The maximum Gasteiger partial charge on any atom is 0.293 e. The van der Waals surface area contributed by atoms with E-state index in [0.717, 1.165) is 41.1 Å². The smallest absolute Gasteiger partial charge is 0.293 e. The van der Waals surface area contributed by atoms with Gasteiger partial charge in [0.1, 0.15) is 19.0 Å². The second kappa shape index (κ2) is 12.0. The van der Waals surface area contributed by atoms with Crippen LogP contribution in [0.25, 0.3) is 22.3 Å². The molecule has 3 aromatic carbocycles. The number of rotatable bonds is 8. The molecule has 1 aliphatic heterocycles. The van der Waals surface area contributed by atoms with Gasteiger partial charge in [0, 0.05) is 57.0 Å². The summed E-state index contributed by atoms with van der Waals surface area (Å²) in [5.74, 6) is 0.782. The van der Waals surface area contributed by atoms with Gasteiger partial charge in [0.2, 0.25) is 0 Å². The Labute approximate surface area is 228 Å². The maximum absolute atomic E-state index is 10.5. The molecule has 0 N–H and O–H groups in total. The van der Waals surface area contributed by atoms with Crippen LogP contribution in [0.1, 0.15) is 39.2 Å². The Hall–Kier alpha value is -2.17. The summed E-state index contributed by atoms with van der Waals surface area (Å²) < 4.78 is 10.9. The van der Waals surface area contributed by atoms with Crippen molar-refractivity contribution in [3.63, 3.8) is 0 Å². The molecule has 4 rings (SSSR count). The van der Waals surface area contributed by atoms with Crippen LogP contribution in [-0.2, 0) is 47.7 Å². The molecule has 0 amide bonds. The van der Waals surface area contributed by atoms with Crippen LogP contribution in [0.5, 0.6) is 5.75 Å². The molecule has 34 heavy (non-hydrogen) atoms. The van der Waals surface area contributed by atoms with E-state index >= 15 is 0 Å². The van der Waals surface area contributed by atoms with Crippen LogP contribution in [0.4, 0.5) is 5.69 Å². The van der Waals surface area contributed by atoms with Gasteiger partial charge in [-0.05, 0) is 59.2 Å². The summed E-state index contributed by atoms with van der Waals surface area (Å²) in [6.07, 6.45) is 2.51. The van der Waals surface area contributed by atoms with E-state index < -0.39 is 0 Å². The fourth-order valence-electron chi connectivity index (χ4n) is 4.43. The van der Waals surface area contributed by atoms with Gasteiger partial charge in [0.05, 0.1) is 0 Å². The molecule has 1 heterocycles. The average Bonchev–Trinajstić information content (AvgIpc) is 3.36. The van der Waals surface area contributed by atoms with E-state index in [1.165, 1.54) is 24.1 Å². The van der Waals surface area contributed by atoms with Gasteiger partial charge >= 0.3 is 0 Å². The van der Waals surface area contributed by atoms with E-state index in [-0.39, 0.29) is 44.7 Å². The molecule has 0 saturated carbocycles. The van der Waals surface area contributed by atoms with Gasteiger partial charge in [-0.2, -0.15) is 30.3 Å². The Kier molecular flexibility index (Phi) is 9.33. The third kappa shape index (κ3) is 6.28. The third-order valence-electron chi connectivity index (χ3n) is 6.12. The third-order valence-corrected chi connectivity index (χ3v) is 6.12. The summed E-state index contributed by atoms with van der Waals surface area (Å²) in [5.41, 5.74) is 7.10. The first-order valence-electron chi connectivity index (χ1n) is 11.7. The van der Waals surface area contributed by atoms with Crippen LogP contribution in [0.3, 0.4) is 0 Å². The summed E-state index contributed by atoms with van der Waals surface area (Å²) >= 11 is 0. The quantitative estimate of drug-likeness (QED) is 0.195. The van der Waals surface area contributed by atoms with E-state index in [4.69, 9.17) is 9.47 Å². The van der Waals surface area contributed by atoms with Crippen molar-refractivity contribution >= 4 is 12.2 Å². The molecule has 4 nitrogen and oxygen atoms in total. The molecule has 1 radical (unpaired) electrons. The van der Waals surface area contributed by atoms with Gasteiger partial charge in [0.15, 0.2) is 0 Å². The summed E-state index contributed by atoms with van der Waals surface area (Å²) in [6, 6.07) is 24.1. The minimum Gasteiger partial charge on any atom is -0.489 e. The molecule has 0 atom stereocenters. The SMILES string of the molecule is CC(C)(C)c1cc(-c2cc(-c3cc[c-]cc3)ccc2OCCOC=O)ccc1N1CCCC1.[Y]. The van der Waals surface area contributed by atoms with Crippen LogP contribution in [-0.4, -0.2) is 32.8 Å². The number of carbonyl (C=O) groups excluding carboxylic acids is 1. The number of anilines is 1. The largest absolute Gasteiger partial charge is 0.489 e. The monoisotopic (exact) mass is 531 g/mol. The molecule has 0 spiro atoms. The molecule has 1 aliphatic rings. The first-order chi connectivity index (χ1) is 16.0. The van der Waals surface area contributed by atoms with Crippen LogP contribution < -0.4 is 9.64 Å². The summed E-state index contributed by atoms with van der Waals surface area (Å²) in [4.78, 5) is 13.0. The predicted octanol–water partition coefficient (Wildman–Crippen LogP) is 6.27. The normalized spacial score (nSPS) is 13.3. The van der Waals surface area contributed by atoms with Crippen molar-refractivity contribution in [2.45, 2.75) is 39.0 Å². The van der Waals surface area contributed by atoms with Gasteiger partial charge in [-0.25, -0.2) is 0 Å². The van der Waals surface area contributed by atoms with Crippen molar-refractivity contribution in [3.8, 4) is 28.0 Å². The molecule has 0 bridgehead atoms. The van der Waals surface area contributed by atoms with Crippen molar-refractivity contribution in [2.75, 3.05) is 31.2 Å². The van der Waals surface area contributed by atoms with Crippen LogP contribution in [0, 0.1) is 6.07 Å². The van der Waals surface area contributed by atoms with Crippen molar-refractivity contribution in [2.24, 2.45) is 0 Å². The number of hydrogen-bond donors (Lipinski definition) is 0. The van der Waals surface area contributed by atoms with Crippen LogP contribution in [0.2, 0.25) is 0 Å². The Morgan fingerprint density at radius 3 is 2.29 bits per heavy atom. The minimum atomic E-state index is 0. The number of nitrogens with zero attached hydrogens (tertiary/aromatic N) is 1. The molecular formula is C29H32NO3Y-. The van der Waals surface area contributed by atoms with Crippen molar-refractivity contribution in [1.82, 2.24) is 0 Å². The van der Waals surface area contributed by atoms with Gasteiger partial charge < -0.3 is 14.4 Å². The van der Waals surface area contributed by atoms with Crippen LogP contribution in [0.15, 0.2) is 60.7 Å². The van der Waals surface area contributed by atoms with E-state index in [0.29, 0.717) is 13.1 Å². The zero-order valence-electron chi connectivity index (χ0n) is 20.3.